The Morgan fingerprint density at radius 3 is 2.33 bits per heavy atom. The summed E-state index contributed by atoms with van der Waals surface area (Å²) < 4.78 is 13.3. The minimum atomic E-state index is -0.244. The summed E-state index contributed by atoms with van der Waals surface area (Å²) in [6, 6.07) is 24.8. The molecular formula is C33H28N2O4S. The summed E-state index contributed by atoms with van der Waals surface area (Å²) in [5.41, 5.74) is 5.24. The zero-order valence-corrected chi connectivity index (χ0v) is 22.9. The molecule has 1 aliphatic heterocycles. The smallest absolute Gasteiger partial charge is 0.306 e. The van der Waals surface area contributed by atoms with Gasteiger partial charge in [-0.2, -0.15) is 0 Å². The van der Waals surface area contributed by atoms with E-state index in [9.17, 15) is 9.59 Å². The number of carbonyl (C=O) groups is 2. The first kappa shape index (κ1) is 25.8. The number of rotatable bonds is 7. The van der Waals surface area contributed by atoms with Crippen LogP contribution in [0.3, 0.4) is 0 Å². The summed E-state index contributed by atoms with van der Waals surface area (Å²) in [7, 11) is 0. The van der Waals surface area contributed by atoms with Gasteiger partial charge in [0.05, 0.1) is 11.0 Å². The van der Waals surface area contributed by atoms with E-state index in [0.717, 1.165) is 27.9 Å². The van der Waals surface area contributed by atoms with Crippen molar-refractivity contribution in [3.05, 3.63) is 108 Å². The van der Waals surface area contributed by atoms with E-state index in [0.29, 0.717) is 25.8 Å². The molecular weight excluding hydrogens is 520 g/mol. The van der Waals surface area contributed by atoms with Gasteiger partial charge in [-0.05, 0) is 60.6 Å². The number of ether oxygens (including phenoxy) is 2. The largest absolute Gasteiger partial charge is 0.458 e. The number of hydrogen-bond acceptors (Lipinski definition) is 5. The number of amides is 1. The van der Waals surface area contributed by atoms with Gasteiger partial charge < -0.3 is 14.0 Å². The molecule has 3 aromatic carbocycles. The predicted octanol–water partition coefficient (Wildman–Crippen LogP) is 6.87. The van der Waals surface area contributed by atoms with Crippen LogP contribution in [0.2, 0.25) is 0 Å². The second-order valence-electron chi connectivity index (χ2n) is 9.80. The number of hydrogen-bond donors (Lipinski definition) is 0. The number of aromatic nitrogens is 1. The van der Waals surface area contributed by atoms with E-state index in [2.05, 4.69) is 53.1 Å². The maximum atomic E-state index is 13.1. The minimum Gasteiger partial charge on any atom is -0.458 e. The van der Waals surface area contributed by atoms with E-state index in [1.54, 1.807) is 13.0 Å². The minimum absolute atomic E-state index is 0.160. The quantitative estimate of drug-likeness (QED) is 0.143. The van der Waals surface area contributed by atoms with Gasteiger partial charge in [0.25, 0.3) is 11.1 Å². The fourth-order valence-electron chi connectivity index (χ4n) is 5.18. The van der Waals surface area contributed by atoms with Crippen LogP contribution < -0.4 is 0 Å². The molecule has 0 saturated carbocycles. The molecule has 1 unspecified atom stereocenters. The number of para-hydroxylation sites is 2. The van der Waals surface area contributed by atoms with Crippen LogP contribution in [0.4, 0.5) is 0 Å². The molecule has 1 aliphatic carbocycles. The lowest BCUT2D eigenvalue weighted by atomic mass is 10.0. The first-order valence-corrected chi connectivity index (χ1v) is 13.8. The molecule has 2 aliphatic rings. The lowest BCUT2D eigenvalue weighted by molar-refractivity contribution is -0.146. The predicted molar refractivity (Wildman–Crippen MR) is 161 cm³/mol. The van der Waals surface area contributed by atoms with Gasteiger partial charge in [0.2, 0.25) is 0 Å². The van der Waals surface area contributed by atoms with Crippen molar-refractivity contribution in [3.63, 3.8) is 0 Å². The van der Waals surface area contributed by atoms with Gasteiger partial charge in [0, 0.05) is 35.8 Å². The molecule has 0 radical (unpaired) electrons. The van der Waals surface area contributed by atoms with E-state index in [1.807, 2.05) is 42.5 Å². The summed E-state index contributed by atoms with van der Waals surface area (Å²) in [4.78, 5) is 26.1. The molecule has 7 heteroatoms. The highest BCUT2D eigenvalue weighted by Crippen LogP contribution is 2.32. The van der Waals surface area contributed by atoms with Crippen molar-refractivity contribution >= 4 is 57.2 Å². The summed E-state index contributed by atoms with van der Waals surface area (Å²) in [6.45, 7) is 2.19. The van der Waals surface area contributed by atoms with Crippen molar-refractivity contribution in [2.75, 3.05) is 6.54 Å². The van der Waals surface area contributed by atoms with Gasteiger partial charge in [-0.15, -0.1) is 0 Å². The Kier molecular flexibility index (Phi) is 7.05. The molecule has 1 amide bonds. The lowest BCUT2D eigenvalue weighted by Crippen LogP contribution is -2.30. The van der Waals surface area contributed by atoms with Crippen molar-refractivity contribution in [2.24, 2.45) is 0 Å². The SMILES string of the molecule is CCC(=O)OC1C=CC(CCN2C(=O)/C(=C\c3ccc(-n4c5ccccc5c5ccccc54)cc3)OC2=S)=CC1. The molecule has 0 N–H and O–H groups in total. The number of thiocarbonyl (C=S) groups is 1. The molecule has 2 heterocycles. The summed E-state index contributed by atoms with van der Waals surface area (Å²) >= 11 is 5.37. The molecule has 0 spiro atoms. The van der Waals surface area contributed by atoms with Gasteiger partial charge in [0.1, 0.15) is 6.10 Å². The molecule has 40 heavy (non-hydrogen) atoms. The van der Waals surface area contributed by atoms with E-state index in [-0.39, 0.29) is 28.9 Å². The summed E-state index contributed by atoms with van der Waals surface area (Å²) in [5, 5.41) is 2.58. The summed E-state index contributed by atoms with van der Waals surface area (Å²) in [6.07, 6.45) is 8.98. The Morgan fingerprint density at radius 2 is 1.70 bits per heavy atom. The van der Waals surface area contributed by atoms with Crippen LogP contribution in [0, 0.1) is 0 Å². The van der Waals surface area contributed by atoms with Gasteiger partial charge in [-0.3, -0.25) is 14.5 Å². The Balaban J connectivity index is 1.15. The van der Waals surface area contributed by atoms with Gasteiger partial charge in [-0.25, -0.2) is 0 Å². The normalized spacial score (nSPS) is 18.0. The third-order valence-electron chi connectivity index (χ3n) is 7.24. The van der Waals surface area contributed by atoms with Crippen molar-refractivity contribution in [3.8, 4) is 5.69 Å². The number of nitrogens with zero attached hydrogens (tertiary/aromatic N) is 2. The Bertz CT molecular complexity index is 1680. The first-order chi connectivity index (χ1) is 19.5. The van der Waals surface area contributed by atoms with Crippen LogP contribution in [-0.4, -0.2) is 39.2 Å². The zero-order chi connectivity index (χ0) is 27.6. The lowest BCUT2D eigenvalue weighted by Gasteiger charge is -2.18. The molecule has 1 atom stereocenters. The van der Waals surface area contributed by atoms with Crippen LogP contribution in [-0.2, 0) is 19.1 Å². The Morgan fingerprint density at radius 1 is 1.02 bits per heavy atom. The molecule has 1 saturated heterocycles. The number of fused-ring (bicyclic) bond motifs is 3. The van der Waals surface area contributed by atoms with E-state index < -0.39 is 0 Å². The highest BCUT2D eigenvalue weighted by atomic mass is 32.1. The Labute approximate surface area is 237 Å². The average molecular weight is 549 g/mol. The van der Waals surface area contributed by atoms with Crippen molar-refractivity contribution in [1.82, 2.24) is 9.47 Å². The molecule has 6 nitrogen and oxygen atoms in total. The highest BCUT2D eigenvalue weighted by Gasteiger charge is 2.33. The first-order valence-electron chi connectivity index (χ1n) is 13.4. The zero-order valence-electron chi connectivity index (χ0n) is 22.1. The van der Waals surface area contributed by atoms with Crippen LogP contribution in [0.1, 0.15) is 31.7 Å². The second kappa shape index (κ2) is 10.9. The van der Waals surface area contributed by atoms with Gasteiger partial charge in [0.15, 0.2) is 5.76 Å². The fraction of sp³-hybridized carbons (Fsp3) is 0.182. The maximum Gasteiger partial charge on any atom is 0.306 e. The third-order valence-corrected chi connectivity index (χ3v) is 7.54. The van der Waals surface area contributed by atoms with Crippen molar-refractivity contribution in [2.45, 2.75) is 32.3 Å². The molecule has 6 rings (SSSR count). The number of carbonyl (C=O) groups excluding carboxylic acids is 2. The number of benzene rings is 3. The average Bonchev–Trinajstić information content (AvgIpc) is 3.46. The third kappa shape index (κ3) is 4.96. The van der Waals surface area contributed by atoms with E-state index in [4.69, 9.17) is 21.7 Å². The van der Waals surface area contributed by atoms with Crippen LogP contribution in [0.25, 0.3) is 33.6 Å². The molecule has 1 fully saturated rings. The van der Waals surface area contributed by atoms with Crippen LogP contribution in [0.5, 0.6) is 0 Å². The van der Waals surface area contributed by atoms with Crippen LogP contribution >= 0.6 is 12.2 Å². The van der Waals surface area contributed by atoms with Gasteiger partial charge in [-0.1, -0.05) is 73.2 Å². The summed E-state index contributed by atoms with van der Waals surface area (Å²) in [5.74, 6) is -0.238. The van der Waals surface area contributed by atoms with Crippen molar-refractivity contribution in [1.29, 1.82) is 0 Å². The van der Waals surface area contributed by atoms with Crippen molar-refractivity contribution < 1.29 is 19.1 Å². The Hall–Kier alpha value is -4.49. The highest BCUT2D eigenvalue weighted by molar-refractivity contribution is 7.80. The standard InChI is InChI=1S/C33H28N2O4S/c1-2-31(36)38-25-17-13-22(14-18-25)19-20-34-32(37)30(39-33(34)40)21-23-11-15-24(16-12-23)35-28-9-5-3-7-26(28)27-8-4-6-10-29(27)35/h3-17,21,25H,2,18-20H2,1H3/b30-21+. The molecule has 200 valence electrons. The van der Waals surface area contributed by atoms with E-state index >= 15 is 0 Å². The van der Waals surface area contributed by atoms with Gasteiger partial charge >= 0.3 is 5.97 Å². The number of esters is 1. The number of allylic oxidation sites excluding steroid dienone is 1. The second-order valence-corrected chi connectivity index (χ2v) is 10.1. The topological polar surface area (TPSA) is 60.8 Å². The molecule has 1 aromatic heterocycles. The molecule has 4 aromatic rings. The fourth-order valence-corrected chi connectivity index (χ4v) is 5.44. The molecule has 0 bridgehead atoms. The van der Waals surface area contributed by atoms with E-state index in [1.165, 1.54) is 15.7 Å². The van der Waals surface area contributed by atoms with Crippen LogP contribution in [0.15, 0.2) is 102 Å². The monoisotopic (exact) mass is 548 g/mol. The maximum absolute atomic E-state index is 13.1.